The van der Waals surface area contributed by atoms with Crippen LogP contribution < -0.4 is 10.1 Å². The molecule has 1 aromatic rings. The average Bonchev–Trinajstić information content (AvgIpc) is 2.60. The minimum absolute atomic E-state index is 0.0205. The number of hydrogen-bond acceptors (Lipinski definition) is 3. The first-order chi connectivity index (χ1) is 12.0. The maximum Gasteiger partial charge on any atom is 0.387 e. The van der Waals surface area contributed by atoms with Gasteiger partial charge in [-0.2, -0.15) is 14.0 Å². The number of hydrogen-bond donors (Lipinski definition) is 1. The minimum atomic E-state index is -2.89. The number of amides is 1. The van der Waals surface area contributed by atoms with E-state index in [2.05, 4.69) is 23.9 Å². The van der Waals surface area contributed by atoms with Gasteiger partial charge in [0.05, 0.1) is 0 Å². The highest BCUT2D eigenvalue weighted by atomic mass is 19.3. The molecular weight excluding hydrogens is 326 g/mol. The Morgan fingerprint density at radius 3 is 2.52 bits per heavy atom. The van der Waals surface area contributed by atoms with E-state index in [1.807, 2.05) is 6.07 Å². The molecule has 1 aromatic carbocycles. The lowest BCUT2D eigenvalue weighted by Gasteiger charge is -2.15. The molecule has 6 heteroatoms. The molecule has 25 heavy (non-hydrogen) atoms. The van der Waals surface area contributed by atoms with Gasteiger partial charge in [0.25, 0.3) is 5.91 Å². The molecule has 0 fully saturated rings. The summed E-state index contributed by atoms with van der Waals surface area (Å²) in [5, 5.41) is 12.0. The molecule has 1 N–H and O–H groups in total. The second-order valence-corrected chi connectivity index (χ2v) is 5.74. The Morgan fingerprint density at radius 1 is 1.32 bits per heavy atom. The van der Waals surface area contributed by atoms with Crippen molar-refractivity contribution in [1.29, 1.82) is 5.26 Å². The van der Waals surface area contributed by atoms with Crippen LogP contribution in [-0.2, 0) is 4.79 Å². The van der Waals surface area contributed by atoms with E-state index in [4.69, 9.17) is 0 Å². The van der Waals surface area contributed by atoms with Crippen LogP contribution in [0.3, 0.4) is 0 Å². The lowest BCUT2D eigenvalue weighted by Crippen LogP contribution is -2.30. The van der Waals surface area contributed by atoms with Crippen LogP contribution in [0.25, 0.3) is 6.08 Å². The van der Waals surface area contributed by atoms with Crippen LogP contribution in [0.5, 0.6) is 5.75 Å². The molecule has 4 nitrogen and oxygen atoms in total. The Kier molecular flexibility index (Phi) is 9.23. The van der Waals surface area contributed by atoms with Crippen LogP contribution in [0.1, 0.15) is 45.1 Å². The van der Waals surface area contributed by atoms with Gasteiger partial charge in [0.2, 0.25) is 0 Å². The Morgan fingerprint density at radius 2 is 2.00 bits per heavy atom. The summed E-state index contributed by atoms with van der Waals surface area (Å²) in [7, 11) is 0. The molecule has 0 radical (unpaired) electrons. The van der Waals surface area contributed by atoms with Crippen molar-refractivity contribution in [2.75, 3.05) is 6.54 Å². The molecule has 0 spiro atoms. The van der Waals surface area contributed by atoms with E-state index in [1.165, 1.54) is 30.3 Å². The van der Waals surface area contributed by atoms with Crippen molar-refractivity contribution < 1.29 is 18.3 Å². The highest BCUT2D eigenvalue weighted by Crippen LogP contribution is 2.17. The highest BCUT2D eigenvalue weighted by molar-refractivity contribution is 6.01. The first kappa shape index (κ1) is 20.6. The second kappa shape index (κ2) is 11.2. The topological polar surface area (TPSA) is 62.1 Å². The first-order valence-corrected chi connectivity index (χ1v) is 8.45. The summed E-state index contributed by atoms with van der Waals surface area (Å²) in [5.74, 6) is -0.00296. The summed E-state index contributed by atoms with van der Waals surface area (Å²) < 4.78 is 28.5. The molecule has 0 aliphatic carbocycles. The first-order valence-electron chi connectivity index (χ1n) is 8.45. The number of benzene rings is 1. The smallest absolute Gasteiger partial charge is 0.387 e. The molecule has 136 valence electrons. The zero-order chi connectivity index (χ0) is 18.7. The van der Waals surface area contributed by atoms with Crippen LogP contribution in [0, 0.1) is 17.2 Å². The van der Waals surface area contributed by atoms with Gasteiger partial charge in [0.15, 0.2) is 0 Å². The van der Waals surface area contributed by atoms with E-state index in [9.17, 15) is 18.8 Å². The zero-order valence-corrected chi connectivity index (χ0v) is 14.6. The highest BCUT2D eigenvalue weighted by Gasteiger charge is 2.12. The van der Waals surface area contributed by atoms with E-state index in [1.54, 1.807) is 0 Å². The fourth-order valence-corrected chi connectivity index (χ4v) is 2.34. The molecule has 0 heterocycles. The molecule has 1 rings (SSSR count). The largest absolute Gasteiger partial charge is 0.435 e. The normalized spacial score (nSPS) is 12.6. The van der Waals surface area contributed by atoms with Gasteiger partial charge >= 0.3 is 6.61 Å². The van der Waals surface area contributed by atoms with Gasteiger partial charge in [0, 0.05) is 6.54 Å². The third-order valence-corrected chi connectivity index (χ3v) is 3.88. The molecule has 0 saturated heterocycles. The predicted octanol–water partition coefficient (Wildman–Crippen LogP) is 4.53. The quantitative estimate of drug-likeness (QED) is 0.498. The van der Waals surface area contributed by atoms with Crippen molar-refractivity contribution in [2.24, 2.45) is 5.92 Å². The fourth-order valence-electron chi connectivity index (χ4n) is 2.34. The van der Waals surface area contributed by atoms with E-state index in [0.29, 0.717) is 18.0 Å². The van der Waals surface area contributed by atoms with Crippen molar-refractivity contribution in [1.82, 2.24) is 5.32 Å². The third-order valence-electron chi connectivity index (χ3n) is 3.88. The Balaban J connectivity index is 2.68. The SMILES string of the molecule is CCCCC(CC)CNC(=O)/C(C#N)=C\c1ccc(OC(F)F)cc1. The Bertz CT molecular complexity index is 607. The van der Waals surface area contributed by atoms with Crippen molar-refractivity contribution >= 4 is 12.0 Å². The van der Waals surface area contributed by atoms with Gasteiger partial charge < -0.3 is 10.1 Å². The van der Waals surface area contributed by atoms with Crippen LogP contribution in [0.2, 0.25) is 0 Å². The average molecular weight is 350 g/mol. The summed E-state index contributed by atoms with van der Waals surface area (Å²) >= 11 is 0. The monoisotopic (exact) mass is 350 g/mol. The van der Waals surface area contributed by atoms with Crippen molar-refractivity contribution in [2.45, 2.75) is 46.1 Å². The molecule has 0 aliphatic rings. The standard InChI is InChI=1S/C19H24F2N2O2/c1-3-5-6-14(4-2)13-23-18(24)16(12-22)11-15-7-9-17(10-8-15)25-19(20)21/h7-11,14,19H,3-6,13H2,1-2H3,(H,23,24)/b16-11-. The number of alkyl halides is 2. The minimum Gasteiger partial charge on any atom is -0.435 e. The number of halogens is 2. The van der Waals surface area contributed by atoms with Crippen molar-refractivity contribution in [3.8, 4) is 11.8 Å². The summed E-state index contributed by atoms with van der Waals surface area (Å²) in [6.07, 6.45) is 5.66. The Labute approximate surface area is 147 Å². The number of nitriles is 1. The Hall–Kier alpha value is -2.42. The molecular formula is C19H24F2N2O2. The molecule has 0 aromatic heterocycles. The third kappa shape index (κ3) is 7.79. The van der Waals surface area contributed by atoms with Crippen LogP contribution in [0.15, 0.2) is 29.8 Å². The predicted molar refractivity (Wildman–Crippen MR) is 93.0 cm³/mol. The van der Waals surface area contributed by atoms with Gasteiger partial charge in [-0.05, 0) is 36.1 Å². The van der Waals surface area contributed by atoms with Crippen LogP contribution in [0.4, 0.5) is 8.78 Å². The summed E-state index contributed by atoms with van der Waals surface area (Å²) in [4.78, 5) is 12.2. The number of rotatable bonds is 10. The molecule has 1 amide bonds. The van der Waals surface area contributed by atoms with Gasteiger partial charge in [-0.3, -0.25) is 4.79 Å². The summed E-state index contributed by atoms with van der Waals surface area (Å²) in [6, 6.07) is 7.63. The van der Waals surface area contributed by atoms with E-state index >= 15 is 0 Å². The molecule has 0 saturated carbocycles. The molecule has 0 bridgehead atoms. The van der Waals surface area contributed by atoms with Crippen molar-refractivity contribution in [3.63, 3.8) is 0 Å². The zero-order valence-electron chi connectivity index (χ0n) is 14.6. The summed E-state index contributed by atoms with van der Waals surface area (Å²) in [5.41, 5.74) is 0.541. The number of nitrogens with one attached hydrogen (secondary N) is 1. The number of carbonyl (C=O) groups is 1. The van der Waals surface area contributed by atoms with Gasteiger partial charge in [-0.25, -0.2) is 0 Å². The van der Waals surface area contributed by atoms with Gasteiger partial charge in [-0.1, -0.05) is 45.2 Å². The van der Waals surface area contributed by atoms with Crippen LogP contribution >= 0.6 is 0 Å². The molecule has 0 aliphatic heterocycles. The number of nitrogens with zero attached hydrogens (tertiary/aromatic N) is 1. The number of carbonyl (C=O) groups excluding carboxylic acids is 1. The van der Waals surface area contributed by atoms with Crippen molar-refractivity contribution in [3.05, 3.63) is 35.4 Å². The maximum absolute atomic E-state index is 12.2. The van der Waals surface area contributed by atoms with Gasteiger partial charge in [0.1, 0.15) is 17.4 Å². The van der Waals surface area contributed by atoms with E-state index in [0.717, 1.165) is 25.7 Å². The van der Waals surface area contributed by atoms with E-state index < -0.39 is 12.5 Å². The number of ether oxygens (including phenoxy) is 1. The van der Waals surface area contributed by atoms with Crippen LogP contribution in [-0.4, -0.2) is 19.1 Å². The molecule has 1 unspecified atom stereocenters. The van der Waals surface area contributed by atoms with Gasteiger partial charge in [-0.15, -0.1) is 0 Å². The van der Waals surface area contributed by atoms with E-state index in [-0.39, 0.29) is 11.3 Å². The number of unbranched alkanes of at least 4 members (excludes halogenated alkanes) is 1. The maximum atomic E-state index is 12.2. The lowest BCUT2D eigenvalue weighted by atomic mass is 9.99. The summed E-state index contributed by atoms with van der Waals surface area (Å²) in [6.45, 7) is 1.85. The second-order valence-electron chi connectivity index (χ2n) is 5.74. The lowest BCUT2D eigenvalue weighted by molar-refractivity contribution is -0.117. The fraction of sp³-hybridized carbons (Fsp3) is 0.474. The molecule has 1 atom stereocenters.